The first-order valence-electron chi connectivity index (χ1n) is 8.82. The van der Waals surface area contributed by atoms with Crippen LogP contribution < -0.4 is 5.32 Å². The van der Waals surface area contributed by atoms with E-state index in [2.05, 4.69) is 15.4 Å². The quantitative estimate of drug-likeness (QED) is 0.627. The molecule has 2 heterocycles. The minimum absolute atomic E-state index is 0.113. The van der Waals surface area contributed by atoms with Crippen molar-refractivity contribution in [2.24, 2.45) is 0 Å². The van der Waals surface area contributed by atoms with E-state index >= 15 is 0 Å². The third-order valence-corrected chi connectivity index (χ3v) is 5.07. The lowest BCUT2D eigenvalue weighted by molar-refractivity contribution is -0.153. The highest BCUT2D eigenvalue weighted by Gasteiger charge is 2.20. The number of aryl methyl sites for hydroxylation is 1. The lowest BCUT2D eigenvalue weighted by Gasteiger charge is -2.15. The zero-order valence-electron chi connectivity index (χ0n) is 15.5. The lowest BCUT2D eigenvalue weighted by Crippen LogP contribution is -2.31. The van der Waals surface area contributed by atoms with E-state index in [1.165, 1.54) is 0 Å². The van der Waals surface area contributed by atoms with Crippen molar-refractivity contribution in [1.29, 1.82) is 0 Å². The average Bonchev–Trinajstić information content (AvgIpc) is 3.26. The standard InChI is InChI=1S/C19H22N4O3S/c1-12(2)23-16(10-11-20-23)22-19(25)13(3)26-18(24)9-8-17-21-14-6-4-5-7-15(14)27-17/h4-7,10-13H,8-9H2,1-3H3,(H,22,25)/t13-/m0/s1. The summed E-state index contributed by atoms with van der Waals surface area (Å²) >= 11 is 1.56. The van der Waals surface area contributed by atoms with Crippen LogP contribution in [0.3, 0.4) is 0 Å². The summed E-state index contributed by atoms with van der Waals surface area (Å²) in [6, 6.07) is 9.67. The summed E-state index contributed by atoms with van der Waals surface area (Å²) in [5.41, 5.74) is 0.931. The second kappa shape index (κ2) is 8.30. The third kappa shape index (κ3) is 4.71. The summed E-state index contributed by atoms with van der Waals surface area (Å²) in [5.74, 6) is -0.229. The number of carbonyl (C=O) groups is 2. The lowest BCUT2D eigenvalue weighted by atomic mass is 10.3. The van der Waals surface area contributed by atoms with Gasteiger partial charge in [0.15, 0.2) is 6.10 Å². The van der Waals surface area contributed by atoms with Gasteiger partial charge in [0.1, 0.15) is 5.82 Å². The normalized spacial score (nSPS) is 12.3. The molecular formula is C19H22N4O3S. The SMILES string of the molecule is CC(C)n1nccc1NC(=O)[C@H](C)OC(=O)CCc1nc2ccccc2s1. The molecule has 0 radical (unpaired) electrons. The van der Waals surface area contributed by atoms with Crippen LogP contribution in [0.5, 0.6) is 0 Å². The Kier molecular flexibility index (Phi) is 5.85. The highest BCUT2D eigenvalue weighted by atomic mass is 32.1. The number of fused-ring (bicyclic) bond motifs is 1. The predicted molar refractivity (Wildman–Crippen MR) is 105 cm³/mol. The molecule has 0 bridgehead atoms. The number of thiazole rings is 1. The molecule has 2 aromatic heterocycles. The van der Waals surface area contributed by atoms with Crippen LogP contribution in [0.1, 0.15) is 38.2 Å². The molecule has 3 rings (SSSR count). The number of benzene rings is 1. The van der Waals surface area contributed by atoms with Crippen LogP contribution in [0.15, 0.2) is 36.5 Å². The van der Waals surface area contributed by atoms with Gasteiger partial charge < -0.3 is 10.1 Å². The molecule has 1 N–H and O–H groups in total. The summed E-state index contributed by atoms with van der Waals surface area (Å²) in [4.78, 5) is 28.9. The summed E-state index contributed by atoms with van der Waals surface area (Å²) < 4.78 is 8.04. The van der Waals surface area contributed by atoms with Gasteiger partial charge in [0.05, 0.1) is 27.8 Å². The predicted octanol–water partition coefficient (Wildman–Crippen LogP) is 3.58. The Morgan fingerprint density at radius 3 is 2.74 bits per heavy atom. The van der Waals surface area contributed by atoms with Gasteiger partial charge in [-0.2, -0.15) is 5.10 Å². The Bertz CT molecular complexity index is 914. The number of aromatic nitrogens is 3. The number of ether oxygens (including phenoxy) is 1. The molecule has 0 saturated heterocycles. The third-order valence-electron chi connectivity index (χ3n) is 3.97. The molecule has 1 aromatic carbocycles. The maximum absolute atomic E-state index is 12.3. The van der Waals surface area contributed by atoms with Crippen LogP contribution in [0.4, 0.5) is 5.82 Å². The molecule has 0 aliphatic rings. The number of para-hydroxylation sites is 1. The first-order chi connectivity index (χ1) is 12.9. The van der Waals surface area contributed by atoms with Crippen molar-refractivity contribution in [3.63, 3.8) is 0 Å². The molecule has 142 valence electrons. The number of hydrogen-bond donors (Lipinski definition) is 1. The highest BCUT2D eigenvalue weighted by molar-refractivity contribution is 7.18. The van der Waals surface area contributed by atoms with E-state index in [9.17, 15) is 9.59 Å². The maximum atomic E-state index is 12.3. The number of nitrogens with one attached hydrogen (secondary N) is 1. The first-order valence-corrected chi connectivity index (χ1v) is 9.64. The van der Waals surface area contributed by atoms with Gasteiger partial charge in [0, 0.05) is 18.5 Å². The molecule has 7 nitrogen and oxygen atoms in total. The Morgan fingerprint density at radius 2 is 2.00 bits per heavy atom. The van der Waals surface area contributed by atoms with Crippen LogP contribution in [0.25, 0.3) is 10.2 Å². The molecule has 0 aliphatic heterocycles. The van der Waals surface area contributed by atoms with E-state index in [1.54, 1.807) is 35.2 Å². The van der Waals surface area contributed by atoms with Crippen LogP contribution in [-0.2, 0) is 20.7 Å². The van der Waals surface area contributed by atoms with Gasteiger partial charge in [-0.25, -0.2) is 9.67 Å². The van der Waals surface area contributed by atoms with Crippen molar-refractivity contribution in [2.45, 2.75) is 45.8 Å². The van der Waals surface area contributed by atoms with Crippen LogP contribution in [0, 0.1) is 0 Å². The number of rotatable bonds is 7. The Balaban J connectivity index is 1.50. The van der Waals surface area contributed by atoms with Gasteiger partial charge in [-0.3, -0.25) is 9.59 Å². The number of hydrogen-bond acceptors (Lipinski definition) is 6. The van der Waals surface area contributed by atoms with Crippen molar-refractivity contribution in [3.05, 3.63) is 41.5 Å². The van der Waals surface area contributed by atoms with Gasteiger partial charge in [-0.15, -0.1) is 11.3 Å². The molecule has 27 heavy (non-hydrogen) atoms. The second-order valence-corrected chi connectivity index (χ2v) is 7.57. The Labute approximate surface area is 161 Å². The van der Waals surface area contributed by atoms with Crippen LogP contribution >= 0.6 is 11.3 Å². The molecule has 0 aliphatic carbocycles. The van der Waals surface area contributed by atoms with Crippen LogP contribution in [0.2, 0.25) is 0 Å². The van der Waals surface area contributed by atoms with Crippen molar-refractivity contribution in [1.82, 2.24) is 14.8 Å². The van der Waals surface area contributed by atoms with E-state index in [1.807, 2.05) is 38.1 Å². The van der Waals surface area contributed by atoms with Crippen molar-refractivity contribution >= 4 is 39.2 Å². The van der Waals surface area contributed by atoms with Crippen molar-refractivity contribution in [2.75, 3.05) is 5.32 Å². The monoisotopic (exact) mass is 386 g/mol. The molecule has 0 spiro atoms. The van der Waals surface area contributed by atoms with Crippen molar-refractivity contribution < 1.29 is 14.3 Å². The fraction of sp³-hybridized carbons (Fsp3) is 0.368. The number of anilines is 1. The highest BCUT2D eigenvalue weighted by Crippen LogP contribution is 2.22. The topological polar surface area (TPSA) is 86.1 Å². The second-order valence-electron chi connectivity index (χ2n) is 6.45. The van der Waals surface area contributed by atoms with Gasteiger partial charge in [0.25, 0.3) is 5.91 Å². The minimum Gasteiger partial charge on any atom is -0.453 e. The fourth-order valence-corrected chi connectivity index (χ4v) is 3.56. The van der Waals surface area contributed by atoms with Gasteiger partial charge in [-0.05, 0) is 32.9 Å². The molecule has 8 heteroatoms. The van der Waals surface area contributed by atoms with Gasteiger partial charge in [-0.1, -0.05) is 12.1 Å². The average molecular weight is 386 g/mol. The van der Waals surface area contributed by atoms with Crippen molar-refractivity contribution in [3.8, 4) is 0 Å². The maximum Gasteiger partial charge on any atom is 0.306 e. The molecular weight excluding hydrogens is 364 g/mol. The van der Waals surface area contributed by atoms with Gasteiger partial charge >= 0.3 is 5.97 Å². The smallest absolute Gasteiger partial charge is 0.306 e. The summed E-state index contributed by atoms with van der Waals surface area (Å²) in [5, 5.41) is 7.78. The number of carbonyl (C=O) groups excluding carboxylic acids is 2. The van der Waals surface area contributed by atoms with E-state index in [4.69, 9.17) is 4.74 Å². The molecule has 1 amide bonds. The summed E-state index contributed by atoms with van der Waals surface area (Å²) in [7, 11) is 0. The van der Waals surface area contributed by atoms with E-state index in [0.29, 0.717) is 12.2 Å². The molecule has 3 aromatic rings. The van der Waals surface area contributed by atoms with E-state index < -0.39 is 12.1 Å². The Hall–Kier alpha value is -2.74. The summed E-state index contributed by atoms with van der Waals surface area (Å²) in [6.45, 7) is 5.49. The molecule has 0 fully saturated rings. The molecule has 0 saturated carbocycles. The number of esters is 1. The zero-order chi connectivity index (χ0) is 19.4. The fourth-order valence-electron chi connectivity index (χ4n) is 2.60. The largest absolute Gasteiger partial charge is 0.453 e. The minimum atomic E-state index is -0.886. The van der Waals surface area contributed by atoms with E-state index in [0.717, 1.165) is 15.2 Å². The summed E-state index contributed by atoms with van der Waals surface area (Å²) in [6.07, 6.45) is 1.40. The van der Waals surface area contributed by atoms with E-state index in [-0.39, 0.29) is 18.4 Å². The number of nitrogens with zero attached hydrogens (tertiary/aromatic N) is 3. The Morgan fingerprint density at radius 1 is 1.22 bits per heavy atom. The van der Waals surface area contributed by atoms with Crippen LogP contribution in [-0.4, -0.2) is 32.7 Å². The van der Waals surface area contributed by atoms with Gasteiger partial charge in [0.2, 0.25) is 0 Å². The molecule has 0 unspecified atom stereocenters. The molecule has 1 atom stereocenters. The zero-order valence-corrected chi connectivity index (χ0v) is 16.3. The number of amides is 1. The first kappa shape index (κ1) is 19.0.